The maximum Gasteiger partial charge on any atom is 0.236 e. The van der Waals surface area contributed by atoms with Gasteiger partial charge in [-0.1, -0.05) is 71.2 Å². The van der Waals surface area contributed by atoms with Crippen LogP contribution in [0.4, 0.5) is 5.69 Å². The van der Waals surface area contributed by atoms with Gasteiger partial charge in [0.2, 0.25) is 5.91 Å². The molecule has 0 radical (unpaired) electrons. The Labute approximate surface area is 191 Å². The molecule has 3 aromatic rings. The molecule has 1 fully saturated rings. The highest BCUT2D eigenvalue weighted by molar-refractivity contribution is 6.31. The molecule has 3 atom stereocenters. The predicted molar refractivity (Wildman–Crippen MR) is 124 cm³/mol. The van der Waals surface area contributed by atoms with Crippen LogP contribution in [0.5, 0.6) is 0 Å². The van der Waals surface area contributed by atoms with Crippen LogP contribution < -0.4 is 5.32 Å². The van der Waals surface area contributed by atoms with Crippen molar-refractivity contribution < 1.29 is 9.59 Å². The van der Waals surface area contributed by atoms with Crippen LogP contribution in [-0.2, 0) is 15.0 Å². The summed E-state index contributed by atoms with van der Waals surface area (Å²) in [4.78, 5) is 26.9. The van der Waals surface area contributed by atoms with Crippen LogP contribution in [0.25, 0.3) is 0 Å². The third-order valence-corrected chi connectivity index (χ3v) is 7.18. The number of carbonyl (C=O) groups is 2. The van der Waals surface area contributed by atoms with E-state index in [9.17, 15) is 9.59 Å². The lowest BCUT2D eigenvalue weighted by Crippen LogP contribution is -2.50. The summed E-state index contributed by atoms with van der Waals surface area (Å²) >= 11 is 12.6. The SMILES string of the molecule is Cc1cccc(C2CC(=O)CC(c3cccc(Cl)c3)C23C(=O)Nc2cc(Cl)ccc23)c1. The third kappa shape index (κ3) is 3.19. The second kappa shape index (κ2) is 7.51. The first-order valence-corrected chi connectivity index (χ1v) is 11.1. The van der Waals surface area contributed by atoms with E-state index in [1.807, 2.05) is 61.5 Å². The zero-order valence-corrected chi connectivity index (χ0v) is 18.5. The highest BCUT2D eigenvalue weighted by Gasteiger charge is 2.60. The maximum absolute atomic E-state index is 13.9. The summed E-state index contributed by atoms with van der Waals surface area (Å²) in [7, 11) is 0. The normalized spacial score (nSPS) is 24.9. The minimum atomic E-state index is -0.924. The van der Waals surface area contributed by atoms with Gasteiger partial charge in [-0.15, -0.1) is 0 Å². The molecule has 1 aliphatic carbocycles. The Hall–Kier alpha value is -2.62. The summed E-state index contributed by atoms with van der Waals surface area (Å²) in [5, 5.41) is 4.23. The number of hydrogen-bond donors (Lipinski definition) is 1. The molecule has 3 nitrogen and oxygen atoms in total. The summed E-state index contributed by atoms with van der Waals surface area (Å²) in [6.45, 7) is 2.03. The number of halogens is 2. The molecule has 1 heterocycles. The second-order valence-electron chi connectivity index (χ2n) is 8.53. The van der Waals surface area contributed by atoms with E-state index in [-0.39, 0.29) is 29.9 Å². The quantitative estimate of drug-likeness (QED) is 0.490. The van der Waals surface area contributed by atoms with Crippen LogP contribution in [0.1, 0.15) is 46.9 Å². The van der Waals surface area contributed by atoms with E-state index < -0.39 is 5.41 Å². The molecular weight excluding hydrogens is 429 g/mol. The fraction of sp³-hybridized carbons (Fsp3) is 0.231. The lowest BCUT2D eigenvalue weighted by molar-refractivity contribution is -0.128. The number of carbonyl (C=O) groups excluding carboxylic acids is 2. The summed E-state index contributed by atoms with van der Waals surface area (Å²) in [6.07, 6.45) is 0.605. The van der Waals surface area contributed by atoms with Gasteiger partial charge in [0.1, 0.15) is 5.78 Å². The number of aryl methyl sites for hydroxylation is 1. The van der Waals surface area contributed by atoms with Gasteiger partial charge in [-0.3, -0.25) is 9.59 Å². The zero-order chi connectivity index (χ0) is 21.8. The number of hydrogen-bond acceptors (Lipinski definition) is 2. The van der Waals surface area contributed by atoms with Crippen molar-refractivity contribution in [2.24, 2.45) is 0 Å². The Kier molecular flexibility index (Phi) is 4.91. The molecule has 0 saturated heterocycles. The van der Waals surface area contributed by atoms with E-state index in [4.69, 9.17) is 23.2 Å². The van der Waals surface area contributed by atoms with Crippen molar-refractivity contribution in [3.8, 4) is 0 Å². The van der Waals surface area contributed by atoms with Gasteiger partial charge < -0.3 is 5.32 Å². The van der Waals surface area contributed by atoms with Crippen LogP contribution in [0.2, 0.25) is 10.0 Å². The van der Waals surface area contributed by atoms with Gasteiger partial charge in [0.15, 0.2) is 0 Å². The molecule has 31 heavy (non-hydrogen) atoms. The van der Waals surface area contributed by atoms with Crippen molar-refractivity contribution in [2.75, 3.05) is 5.32 Å². The van der Waals surface area contributed by atoms with E-state index in [0.717, 1.165) is 27.9 Å². The highest BCUT2D eigenvalue weighted by Crippen LogP contribution is 2.60. The first-order valence-electron chi connectivity index (χ1n) is 10.3. The lowest BCUT2D eigenvalue weighted by Gasteiger charge is -2.46. The van der Waals surface area contributed by atoms with E-state index in [0.29, 0.717) is 16.5 Å². The fourth-order valence-corrected chi connectivity index (χ4v) is 5.87. The summed E-state index contributed by atoms with van der Waals surface area (Å²) < 4.78 is 0. The lowest BCUT2D eigenvalue weighted by atomic mass is 9.54. The Morgan fingerprint density at radius 3 is 2.16 bits per heavy atom. The molecule has 1 spiro atoms. The molecule has 1 N–H and O–H groups in total. The number of anilines is 1. The van der Waals surface area contributed by atoms with E-state index in [1.165, 1.54) is 0 Å². The van der Waals surface area contributed by atoms with Gasteiger partial charge in [0.05, 0.1) is 5.41 Å². The topological polar surface area (TPSA) is 46.2 Å². The Bertz CT molecular complexity index is 1160. The van der Waals surface area contributed by atoms with E-state index in [1.54, 1.807) is 6.07 Å². The highest BCUT2D eigenvalue weighted by atomic mass is 35.5. The monoisotopic (exact) mass is 449 g/mol. The average Bonchev–Trinajstić information content (AvgIpc) is 3.01. The van der Waals surface area contributed by atoms with Crippen LogP contribution in [0.15, 0.2) is 66.7 Å². The van der Waals surface area contributed by atoms with Crippen LogP contribution in [0, 0.1) is 6.92 Å². The largest absolute Gasteiger partial charge is 0.325 e. The molecule has 3 unspecified atom stereocenters. The van der Waals surface area contributed by atoms with Crippen molar-refractivity contribution in [1.29, 1.82) is 0 Å². The van der Waals surface area contributed by atoms with Crippen LogP contribution in [0.3, 0.4) is 0 Å². The number of Topliss-reactive ketones (excluding diaryl/α,β-unsaturated/α-hetero) is 1. The molecule has 3 aromatic carbocycles. The van der Waals surface area contributed by atoms with Crippen molar-refractivity contribution in [2.45, 2.75) is 37.0 Å². The summed E-state index contributed by atoms with van der Waals surface area (Å²) in [5.41, 5.74) is 3.68. The first kappa shape index (κ1) is 20.3. The van der Waals surface area contributed by atoms with Gasteiger partial charge in [-0.25, -0.2) is 0 Å². The molecule has 1 aliphatic heterocycles. The minimum Gasteiger partial charge on any atom is -0.325 e. The van der Waals surface area contributed by atoms with Crippen LogP contribution >= 0.6 is 23.2 Å². The number of ketones is 1. The smallest absolute Gasteiger partial charge is 0.236 e. The van der Waals surface area contributed by atoms with Gasteiger partial charge >= 0.3 is 0 Å². The van der Waals surface area contributed by atoms with Crippen molar-refractivity contribution in [3.63, 3.8) is 0 Å². The number of fused-ring (bicyclic) bond motifs is 2. The molecule has 2 aliphatic rings. The number of nitrogens with one attached hydrogen (secondary N) is 1. The average molecular weight is 450 g/mol. The molecule has 0 aromatic heterocycles. The standard InChI is InChI=1S/C26H21Cl2NO2/c1-15-4-2-5-16(10-15)22-13-20(30)14-23(17-6-3-7-18(27)11-17)26(22)21-9-8-19(28)12-24(21)29-25(26)31/h2-12,22-23H,13-14H2,1H3,(H,29,31). The van der Waals surface area contributed by atoms with Gasteiger partial charge in [0.25, 0.3) is 0 Å². The van der Waals surface area contributed by atoms with E-state index in [2.05, 4.69) is 11.4 Å². The summed E-state index contributed by atoms with van der Waals surface area (Å²) in [6, 6.07) is 21.2. The zero-order valence-electron chi connectivity index (χ0n) is 17.0. The van der Waals surface area contributed by atoms with Crippen molar-refractivity contribution in [1.82, 2.24) is 0 Å². The molecule has 156 valence electrons. The Morgan fingerprint density at radius 1 is 0.839 bits per heavy atom. The van der Waals surface area contributed by atoms with Gasteiger partial charge in [-0.2, -0.15) is 0 Å². The molecule has 5 heteroatoms. The maximum atomic E-state index is 13.9. The molecule has 1 amide bonds. The van der Waals surface area contributed by atoms with Crippen LogP contribution in [-0.4, -0.2) is 11.7 Å². The number of amides is 1. The number of benzene rings is 3. The summed E-state index contributed by atoms with van der Waals surface area (Å²) in [5.74, 6) is -0.563. The molecule has 0 bridgehead atoms. The van der Waals surface area contributed by atoms with Gasteiger partial charge in [-0.05, 0) is 47.9 Å². The molecule has 5 rings (SSSR count). The van der Waals surface area contributed by atoms with E-state index >= 15 is 0 Å². The number of rotatable bonds is 2. The second-order valence-corrected chi connectivity index (χ2v) is 9.41. The van der Waals surface area contributed by atoms with Crippen molar-refractivity contribution in [3.05, 3.63) is 99.0 Å². The minimum absolute atomic E-state index is 0.0891. The molecule has 1 saturated carbocycles. The predicted octanol–water partition coefficient (Wildman–Crippen LogP) is 6.42. The molecular formula is C26H21Cl2NO2. The van der Waals surface area contributed by atoms with Crippen molar-refractivity contribution >= 4 is 40.6 Å². The Morgan fingerprint density at radius 2 is 1.48 bits per heavy atom. The first-order chi connectivity index (χ1) is 14.9. The third-order valence-electron chi connectivity index (χ3n) is 6.71. The van der Waals surface area contributed by atoms with Gasteiger partial charge in [0, 0.05) is 40.4 Å². The fourth-order valence-electron chi connectivity index (χ4n) is 5.50. The Balaban J connectivity index is 1.81.